The van der Waals surface area contributed by atoms with Crippen LogP contribution in [0.1, 0.15) is 0 Å². The fourth-order valence-electron chi connectivity index (χ4n) is 2.56. The predicted octanol–water partition coefficient (Wildman–Crippen LogP) is 2.97. The second-order valence-corrected chi connectivity index (χ2v) is 6.24. The van der Waals surface area contributed by atoms with Gasteiger partial charge in [0.25, 0.3) is 11.8 Å². The predicted molar refractivity (Wildman–Crippen MR) is 112 cm³/mol. The Morgan fingerprint density at radius 2 is 1.07 bits per heavy atom. The summed E-state index contributed by atoms with van der Waals surface area (Å²) in [6.45, 7) is -0.473. The zero-order valence-electron chi connectivity index (χ0n) is 16.5. The number of carbonyl (C=O) groups excluding carboxylic acids is 2. The van der Waals surface area contributed by atoms with Crippen LogP contribution in [0.25, 0.3) is 11.1 Å². The average molecular weight is 406 g/mol. The SMILES string of the molecule is COc1ccc(OCC(=O)NNC(=O)COc2ccc(-c3ccccc3)cc2)cc1. The molecule has 0 aliphatic rings. The van der Waals surface area contributed by atoms with Crippen molar-refractivity contribution in [3.8, 4) is 28.4 Å². The van der Waals surface area contributed by atoms with Crippen LogP contribution in [0.5, 0.6) is 17.2 Å². The van der Waals surface area contributed by atoms with Crippen molar-refractivity contribution in [2.45, 2.75) is 0 Å². The molecule has 0 bridgehead atoms. The molecule has 0 atom stereocenters. The van der Waals surface area contributed by atoms with Gasteiger partial charge in [0.05, 0.1) is 7.11 Å². The molecule has 3 rings (SSSR count). The van der Waals surface area contributed by atoms with Crippen LogP contribution in [0.2, 0.25) is 0 Å². The summed E-state index contributed by atoms with van der Waals surface area (Å²) in [5, 5.41) is 0. The van der Waals surface area contributed by atoms with E-state index in [2.05, 4.69) is 10.9 Å². The molecule has 2 amide bonds. The van der Waals surface area contributed by atoms with Crippen LogP contribution in [0, 0.1) is 0 Å². The summed E-state index contributed by atoms with van der Waals surface area (Å²) in [5.41, 5.74) is 6.71. The van der Waals surface area contributed by atoms with Crippen molar-refractivity contribution in [1.82, 2.24) is 10.9 Å². The maximum atomic E-state index is 11.8. The molecule has 0 unspecified atom stereocenters. The van der Waals surface area contributed by atoms with Gasteiger partial charge in [-0.25, -0.2) is 0 Å². The van der Waals surface area contributed by atoms with Crippen LogP contribution in [-0.2, 0) is 9.59 Å². The average Bonchev–Trinajstić information content (AvgIpc) is 2.81. The number of rotatable bonds is 8. The highest BCUT2D eigenvalue weighted by Gasteiger charge is 2.07. The Kier molecular flexibility index (Phi) is 7.27. The van der Waals surface area contributed by atoms with Crippen molar-refractivity contribution in [3.05, 3.63) is 78.9 Å². The van der Waals surface area contributed by atoms with E-state index in [0.29, 0.717) is 17.2 Å². The van der Waals surface area contributed by atoms with Crippen LogP contribution in [-0.4, -0.2) is 32.1 Å². The highest BCUT2D eigenvalue weighted by Crippen LogP contribution is 2.22. The largest absolute Gasteiger partial charge is 0.497 e. The molecule has 30 heavy (non-hydrogen) atoms. The fraction of sp³-hybridized carbons (Fsp3) is 0.130. The minimum absolute atomic E-state index is 0.232. The maximum absolute atomic E-state index is 11.8. The Balaban J connectivity index is 1.36. The second-order valence-electron chi connectivity index (χ2n) is 6.24. The van der Waals surface area contributed by atoms with Gasteiger partial charge in [-0.2, -0.15) is 0 Å². The van der Waals surface area contributed by atoms with Crippen LogP contribution in [0.3, 0.4) is 0 Å². The Morgan fingerprint density at radius 3 is 1.57 bits per heavy atom. The topological polar surface area (TPSA) is 85.9 Å². The minimum Gasteiger partial charge on any atom is -0.497 e. The molecule has 0 aliphatic heterocycles. The van der Waals surface area contributed by atoms with Crippen molar-refractivity contribution in [3.63, 3.8) is 0 Å². The van der Waals surface area contributed by atoms with Gasteiger partial charge in [-0.3, -0.25) is 20.4 Å². The van der Waals surface area contributed by atoms with E-state index >= 15 is 0 Å². The molecule has 154 valence electrons. The lowest BCUT2D eigenvalue weighted by atomic mass is 10.1. The van der Waals surface area contributed by atoms with Gasteiger partial charge in [-0.15, -0.1) is 0 Å². The number of nitrogens with one attached hydrogen (secondary N) is 2. The number of amides is 2. The summed E-state index contributed by atoms with van der Waals surface area (Å²) in [4.78, 5) is 23.6. The fourth-order valence-corrected chi connectivity index (χ4v) is 2.56. The first-order chi connectivity index (χ1) is 14.6. The third-order valence-electron chi connectivity index (χ3n) is 4.10. The molecule has 0 saturated carbocycles. The van der Waals surface area contributed by atoms with E-state index in [0.717, 1.165) is 11.1 Å². The molecule has 7 nitrogen and oxygen atoms in total. The van der Waals surface area contributed by atoms with Gasteiger partial charge in [-0.1, -0.05) is 42.5 Å². The molecule has 0 fully saturated rings. The number of carbonyl (C=O) groups is 2. The molecule has 2 N–H and O–H groups in total. The number of hydrazine groups is 1. The first kappa shape index (κ1) is 20.7. The molecule has 0 spiro atoms. The molecule has 3 aromatic carbocycles. The lowest BCUT2D eigenvalue weighted by Crippen LogP contribution is -2.45. The summed E-state index contributed by atoms with van der Waals surface area (Å²) in [6.07, 6.45) is 0. The van der Waals surface area contributed by atoms with Gasteiger partial charge < -0.3 is 14.2 Å². The Hall–Kier alpha value is -4.00. The summed E-state index contributed by atoms with van der Waals surface area (Å²) in [7, 11) is 1.56. The summed E-state index contributed by atoms with van der Waals surface area (Å²) < 4.78 is 15.8. The van der Waals surface area contributed by atoms with E-state index in [4.69, 9.17) is 14.2 Å². The third kappa shape index (κ3) is 6.27. The number of hydrogen-bond acceptors (Lipinski definition) is 5. The molecule has 0 radical (unpaired) electrons. The molecule has 0 aliphatic carbocycles. The smallest absolute Gasteiger partial charge is 0.276 e. The molecule has 0 aromatic heterocycles. The molecule has 0 saturated heterocycles. The van der Waals surface area contributed by atoms with Crippen molar-refractivity contribution in [2.75, 3.05) is 20.3 Å². The van der Waals surface area contributed by atoms with Crippen molar-refractivity contribution < 1.29 is 23.8 Å². The summed E-state index contributed by atoms with van der Waals surface area (Å²) in [5.74, 6) is 0.777. The standard InChI is InChI=1S/C23H22N2O5/c1-28-19-11-13-21(14-12-19)30-16-23(27)25-24-22(26)15-29-20-9-7-18(8-10-20)17-5-3-2-4-6-17/h2-14H,15-16H2,1H3,(H,24,26)(H,25,27). The zero-order chi connectivity index (χ0) is 21.2. The highest BCUT2D eigenvalue weighted by molar-refractivity contribution is 5.83. The molecular formula is C23H22N2O5. The van der Waals surface area contributed by atoms with Gasteiger partial charge in [0, 0.05) is 0 Å². The normalized spacial score (nSPS) is 10.0. The number of ether oxygens (including phenoxy) is 3. The molecular weight excluding hydrogens is 384 g/mol. The van der Waals surface area contributed by atoms with Gasteiger partial charge in [0.2, 0.25) is 0 Å². The zero-order valence-corrected chi connectivity index (χ0v) is 16.5. The van der Waals surface area contributed by atoms with Gasteiger partial charge >= 0.3 is 0 Å². The number of methoxy groups -OCH3 is 1. The van der Waals surface area contributed by atoms with E-state index in [1.807, 2.05) is 42.5 Å². The quantitative estimate of drug-likeness (QED) is 0.562. The Morgan fingerprint density at radius 1 is 0.633 bits per heavy atom. The second kappa shape index (κ2) is 10.5. The number of benzene rings is 3. The monoisotopic (exact) mass is 406 g/mol. The van der Waals surface area contributed by atoms with Crippen LogP contribution in [0.15, 0.2) is 78.9 Å². The summed E-state index contributed by atoms with van der Waals surface area (Å²) in [6, 6.07) is 24.2. The van der Waals surface area contributed by atoms with Crippen molar-refractivity contribution in [1.29, 1.82) is 0 Å². The Labute approximate surface area is 174 Å². The van der Waals surface area contributed by atoms with Crippen molar-refractivity contribution in [2.24, 2.45) is 0 Å². The molecule has 3 aromatic rings. The Bertz CT molecular complexity index is 957. The van der Waals surface area contributed by atoms with Gasteiger partial charge in [-0.05, 0) is 47.5 Å². The number of hydrogen-bond donors (Lipinski definition) is 2. The lowest BCUT2D eigenvalue weighted by molar-refractivity contribution is -0.131. The van der Waals surface area contributed by atoms with E-state index in [-0.39, 0.29) is 13.2 Å². The highest BCUT2D eigenvalue weighted by atomic mass is 16.5. The van der Waals surface area contributed by atoms with E-state index in [1.165, 1.54) is 0 Å². The summed E-state index contributed by atoms with van der Waals surface area (Å²) >= 11 is 0. The van der Waals surface area contributed by atoms with E-state index < -0.39 is 11.8 Å². The van der Waals surface area contributed by atoms with Crippen LogP contribution in [0.4, 0.5) is 0 Å². The van der Waals surface area contributed by atoms with E-state index in [9.17, 15) is 9.59 Å². The maximum Gasteiger partial charge on any atom is 0.276 e. The van der Waals surface area contributed by atoms with Gasteiger partial charge in [0.1, 0.15) is 17.2 Å². The van der Waals surface area contributed by atoms with Crippen molar-refractivity contribution >= 4 is 11.8 Å². The minimum atomic E-state index is -0.494. The molecule has 7 heteroatoms. The molecule has 0 heterocycles. The van der Waals surface area contributed by atoms with E-state index in [1.54, 1.807) is 43.5 Å². The first-order valence-corrected chi connectivity index (χ1v) is 9.27. The third-order valence-corrected chi connectivity index (χ3v) is 4.10. The van der Waals surface area contributed by atoms with Crippen LogP contribution >= 0.6 is 0 Å². The van der Waals surface area contributed by atoms with Crippen LogP contribution < -0.4 is 25.1 Å². The lowest BCUT2D eigenvalue weighted by Gasteiger charge is -2.10. The first-order valence-electron chi connectivity index (χ1n) is 9.27. The van der Waals surface area contributed by atoms with Gasteiger partial charge in [0.15, 0.2) is 13.2 Å².